The number of carbonyl (C=O) groups is 2. The van der Waals surface area contributed by atoms with Gasteiger partial charge in [-0.3, -0.25) is 14.3 Å². The number of rotatable bonds is 5. The predicted molar refractivity (Wildman–Crippen MR) is 94.8 cm³/mol. The van der Waals surface area contributed by atoms with E-state index in [0.29, 0.717) is 26.1 Å². The largest absolute Gasteiger partial charge is 0.345 e. The maximum Gasteiger partial charge on any atom is 0.245 e. The molecule has 2 amide bonds. The fourth-order valence-electron chi connectivity index (χ4n) is 3.08. The summed E-state index contributed by atoms with van der Waals surface area (Å²) in [6.07, 6.45) is 1.17. The van der Waals surface area contributed by atoms with Gasteiger partial charge in [-0.25, -0.2) is 0 Å². The third kappa shape index (κ3) is 4.07. The van der Waals surface area contributed by atoms with Crippen molar-refractivity contribution in [2.24, 2.45) is 0 Å². The van der Waals surface area contributed by atoms with Crippen molar-refractivity contribution in [2.75, 3.05) is 6.54 Å². The minimum atomic E-state index is -0.495. The Kier molecular flexibility index (Phi) is 5.16. The third-order valence-corrected chi connectivity index (χ3v) is 4.46. The SMILES string of the molecule is CCC(=O)N[C@H](C)C(=O)N1CCn2nc(Cc3ccccc3)cc2C1. The van der Waals surface area contributed by atoms with Gasteiger partial charge in [0.1, 0.15) is 6.04 Å². The van der Waals surface area contributed by atoms with Crippen LogP contribution in [-0.4, -0.2) is 39.1 Å². The number of fused-ring (bicyclic) bond motifs is 1. The van der Waals surface area contributed by atoms with E-state index >= 15 is 0 Å². The van der Waals surface area contributed by atoms with E-state index in [4.69, 9.17) is 0 Å². The molecule has 6 nitrogen and oxygen atoms in total. The van der Waals surface area contributed by atoms with E-state index in [-0.39, 0.29) is 11.8 Å². The number of aromatic nitrogens is 2. The van der Waals surface area contributed by atoms with Crippen molar-refractivity contribution >= 4 is 11.8 Å². The molecule has 1 N–H and O–H groups in total. The van der Waals surface area contributed by atoms with Gasteiger partial charge in [-0.05, 0) is 18.6 Å². The zero-order valence-corrected chi connectivity index (χ0v) is 14.7. The number of hydrogen-bond acceptors (Lipinski definition) is 3. The number of benzene rings is 1. The van der Waals surface area contributed by atoms with Crippen molar-refractivity contribution in [2.45, 2.75) is 45.8 Å². The van der Waals surface area contributed by atoms with Crippen LogP contribution in [0.3, 0.4) is 0 Å². The van der Waals surface area contributed by atoms with Crippen molar-refractivity contribution < 1.29 is 9.59 Å². The van der Waals surface area contributed by atoms with E-state index in [1.165, 1.54) is 5.56 Å². The van der Waals surface area contributed by atoms with Crippen molar-refractivity contribution in [1.82, 2.24) is 20.0 Å². The zero-order valence-electron chi connectivity index (χ0n) is 14.7. The van der Waals surface area contributed by atoms with Crippen LogP contribution < -0.4 is 5.32 Å². The standard InChI is InChI=1S/C19H24N4O2/c1-3-18(24)20-14(2)19(25)22-9-10-23-17(13-22)12-16(21-23)11-15-7-5-4-6-8-15/h4-8,12,14H,3,9-11,13H2,1-2H3,(H,20,24)/t14-/m1/s1. The van der Waals surface area contributed by atoms with Gasteiger partial charge in [-0.15, -0.1) is 0 Å². The normalized spacial score (nSPS) is 14.7. The number of nitrogens with zero attached hydrogens (tertiary/aromatic N) is 3. The van der Waals surface area contributed by atoms with Crippen molar-refractivity contribution in [3.8, 4) is 0 Å². The van der Waals surface area contributed by atoms with Crippen LogP contribution in [0, 0.1) is 0 Å². The average molecular weight is 340 g/mol. The molecule has 0 unspecified atom stereocenters. The summed E-state index contributed by atoms with van der Waals surface area (Å²) in [5.41, 5.74) is 3.28. The van der Waals surface area contributed by atoms with Crippen molar-refractivity contribution in [1.29, 1.82) is 0 Å². The minimum absolute atomic E-state index is 0.0427. The highest BCUT2D eigenvalue weighted by Crippen LogP contribution is 2.17. The molecule has 0 radical (unpaired) electrons. The lowest BCUT2D eigenvalue weighted by molar-refractivity contribution is -0.137. The molecule has 1 aliphatic heterocycles. The molecule has 2 heterocycles. The second-order valence-electron chi connectivity index (χ2n) is 6.42. The molecule has 6 heteroatoms. The van der Waals surface area contributed by atoms with Gasteiger partial charge in [-0.1, -0.05) is 37.3 Å². The maximum absolute atomic E-state index is 12.5. The molecule has 1 aromatic carbocycles. The topological polar surface area (TPSA) is 67.2 Å². The molecule has 0 spiro atoms. The zero-order chi connectivity index (χ0) is 17.8. The molecule has 1 atom stereocenters. The van der Waals surface area contributed by atoms with Crippen LogP contribution in [-0.2, 0) is 29.1 Å². The smallest absolute Gasteiger partial charge is 0.245 e. The first-order chi connectivity index (χ1) is 12.1. The van der Waals surface area contributed by atoms with Gasteiger partial charge in [-0.2, -0.15) is 5.10 Å². The molecule has 0 saturated heterocycles. The summed E-state index contributed by atoms with van der Waals surface area (Å²) in [5.74, 6) is -0.146. The summed E-state index contributed by atoms with van der Waals surface area (Å²) in [4.78, 5) is 25.8. The van der Waals surface area contributed by atoms with Crippen LogP contribution in [0.25, 0.3) is 0 Å². The van der Waals surface area contributed by atoms with Crippen molar-refractivity contribution in [3.05, 3.63) is 53.3 Å². The van der Waals surface area contributed by atoms with Crippen LogP contribution in [0.5, 0.6) is 0 Å². The minimum Gasteiger partial charge on any atom is -0.345 e. The van der Waals surface area contributed by atoms with Gasteiger partial charge < -0.3 is 10.2 Å². The Morgan fingerprint density at radius 1 is 1.24 bits per heavy atom. The van der Waals surface area contributed by atoms with Gasteiger partial charge in [0, 0.05) is 19.4 Å². The van der Waals surface area contributed by atoms with E-state index < -0.39 is 6.04 Å². The van der Waals surface area contributed by atoms with E-state index in [1.807, 2.05) is 22.9 Å². The van der Waals surface area contributed by atoms with Crippen LogP contribution in [0.15, 0.2) is 36.4 Å². The molecule has 1 aromatic heterocycles. The van der Waals surface area contributed by atoms with E-state index in [0.717, 1.165) is 17.8 Å². The van der Waals surface area contributed by atoms with Gasteiger partial charge in [0.2, 0.25) is 11.8 Å². The highest BCUT2D eigenvalue weighted by molar-refractivity contribution is 5.87. The molecule has 132 valence electrons. The average Bonchev–Trinajstić information content (AvgIpc) is 3.02. The van der Waals surface area contributed by atoms with E-state index in [9.17, 15) is 9.59 Å². The quantitative estimate of drug-likeness (QED) is 0.901. The summed E-state index contributed by atoms with van der Waals surface area (Å²) < 4.78 is 1.98. The monoisotopic (exact) mass is 340 g/mol. The van der Waals surface area contributed by atoms with E-state index in [1.54, 1.807) is 18.7 Å². The lowest BCUT2D eigenvalue weighted by Gasteiger charge is -2.30. The fourth-order valence-corrected chi connectivity index (χ4v) is 3.08. The Labute approximate surface area is 147 Å². The molecule has 3 rings (SSSR count). The van der Waals surface area contributed by atoms with Crippen LogP contribution >= 0.6 is 0 Å². The van der Waals surface area contributed by atoms with Crippen molar-refractivity contribution in [3.63, 3.8) is 0 Å². The Balaban J connectivity index is 1.65. The number of carbonyl (C=O) groups excluding carboxylic acids is 2. The second-order valence-corrected chi connectivity index (χ2v) is 6.42. The maximum atomic E-state index is 12.5. The molecule has 25 heavy (non-hydrogen) atoms. The second kappa shape index (κ2) is 7.51. The Hall–Kier alpha value is -2.63. The Bertz CT molecular complexity index is 754. The van der Waals surface area contributed by atoms with E-state index in [2.05, 4.69) is 28.6 Å². The molecule has 0 fully saturated rings. The summed E-state index contributed by atoms with van der Waals surface area (Å²) >= 11 is 0. The molecule has 0 aliphatic carbocycles. The summed E-state index contributed by atoms with van der Waals surface area (Å²) in [6, 6.07) is 11.8. The molecule has 0 bridgehead atoms. The first-order valence-corrected chi connectivity index (χ1v) is 8.74. The van der Waals surface area contributed by atoms with Crippen LogP contribution in [0.1, 0.15) is 37.2 Å². The molecule has 0 saturated carbocycles. The summed E-state index contributed by atoms with van der Waals surface area (Å²) in [7, 11) is 0. The Morgan fingerprint density at radius 3 is 2.72 bits per heavy atom. The van der Waals surface area contributed by atoms with Gasteiger partial charge in [0.25, 0.3) is 0 Å². The molecular formula is C19H24N4O2. The first kappa shape index (κ1) is 17.2. The predicted octanol–water partition coefficient (Wildman–Crippen LogP) is 1.73. The highest BCUT2D eigenvalue weighted by atomic mass is 16.2. The lowest BCUT2D eigenvalue weighted by atomic mass is 10.1. The number of amides is 2. The van der Waals surface area contributed by atoms with Crippen LogP contribution in [0.2, 0.25) is 0 Å². The fraction of sp³-hybridized carbons (Fsp3) is 0.421. The third-order valence-electron chi connectivity index (χ3n) is 4.46. The number of hydrogen-bond donors (Lipinski definition) is 1. The van der Waals surface area contributed by atoms with Gasteiger partial charge >= 0.3 is 0 Å². The first-order valence-electron chi connectivity index (χ1n) is 8.74. The van der Waals surface area contributed by atoms with Gasteiger partial charge in [0.15, 0.2) is 0 Å². The molecule has 1 aliphatic rings. The molecular weight excluding hydrogens is 316 g/mol. The summed E-state index contributed by atoms with van der Waals surface area (Å²) in [6.45, 7) is 5.35. The lowest BCUT2D eigenvalue weighted by Crippen LogP contribution is -2.49. The highest BCUT2D eigenvalue weighted by Gasteiger charge is 2.26. The van der Waals surface area contributed by atoms with Crippen LogP contribution in [0.4, 0.5) is 0 Å². The Morgan fingerprint density at radius 2 is 2.00 bits per heavy atom. The number of nitrogens with one attached hydrogen (secondary N) is 1. The molecule has 2 aromatic rings. The summed E-state index contributed by atoms with van der Waals surface area (Å²) in [5, 5.41) is 7.39. The van der Waals surface area contributed by atoms with Gasteiger partial charge in [0.05, 0.1) is 24.5 Å².